The Morgan fingerprint density at radius 2 is 2.19 bits per heavy atom. The number of carbonyl (C=O) groups excluding carboxylic acids is 2. The van der Waals surface area contributed by atoms with Gasteiger partial charge in [0.25, 0.3) is 0 Å². The summed E-state index contributed by atoms with van der Waals surface area (Å²) in [5.74, 6) is -0.0782. The van der Waals surface area contributed by atoms with E-state index in [1.807, 2.05) is 13.8 Å². The fourth-order valence-electron chi connectivity index (χ4n) is 1.69. The second-order valence-corrected chi connectivity index (χ2v) is 5.71. The molecular weight excluding hydrogens is 272 g/mol. The predicted octanol–water partition coefficient (Wildman–Crippen LogP) is 0.0119. The first-order valence-electron chi connectivity index (χ1n) is 7.23. The minimum atomic E-state index is -0.482. The van der Waals surface area contributed by atoms with Crippen molar-refractivity contribution in [1.82, 2.24) is 30.9 Å². The Hall–Kier alpha value is -1.96. The lowest BCUT2D eigenvalue weighted by Crippen LogP contribution is -2.42. The molecule has 1 saturated carbocycles. The van der Waals surface area contributed by atoms with Crippen molar-refractivity contribution in [3.05, 3.63) is 11.9 Å². The second-order valence-electron chi connectivity index (χ2n) is 5.71. The number of nitrogens with zero attached hydrogens (tertiary/aromatic N) is 3. The lowest BCUT2D eigenvalue weighted by Gasteiger charge is -2.08. The Kier molecular flexibility index (Phi) is 5.26. The molecular formula is C13H22N6O2. The highest BCUT2D eigenvalue weighted by atomic mass is 16.2. The summed E-state index contributed by atoms with van der Waals surface area (Å²) in [4.78, 5) is 23.1. The molecule has 8 heteroatoms. The minimum absolute atomic E-state index is 0.0223. The van der Waals surface area contributed by atoms with Crippen LogP contribution in [0.15, 0.2) is 6.20 Å². The molecule has 0 bridgehead atoms. The molecule has 0 spiro atoms. The van der Waals surface area contributed by atoms with Gasteiger partial charge in [-0.2, -0.15) is 0 Å². The monoisotopic (exact) mass is 294 g/mol. The first-order valence-corrected chi connectivity index (χ1v) is 7.23. The van der Waals surface area contributed by atoms with Gasteiger partial charge in [-0.3, -0.25) is 10.1 Å². The topological polar surface area (TPSA) is 101 Å². The molecule has 0 aliphatic heterocycles. The van der Waals surface area contributed by atoms with Crippen molar-refractivity contribution < 1.29 is 9.59 Å². The van der Waals surface area contributed by atoms with Crippen molar-refractivity contribution in [2.24, 2.45) is 5.92 Å². The second kappa shape index (κ2) is 7.16. The van der Waals surface area contributed by atoms with Crippen LogP contribution in [0.25, 0.3) is 0 Å². The molecule has 1 aliphatic rings. The zero-order chi connectivity index (χ0) is 15.2. The Morgan fingerprint density at radius 1 is 1.43 bits per heavy atom. The summed E-state index contributed by atoms with van der Waals surface area (Å²) in [5, 5.41) is 16.0. The van der Waals surface area contributed by atoms with Crippen molar-refractivity contribution in [3.63, 3.8) is 0 Å². The van der Waals surface area contributed by atoms with Crippen LogP contribution in [-0.2, 0) is 17.9 Å². The number of nitrogens with one attached hydrogen (secondary N) is 3. The summed E-state index contributed by atoms with van der Waals surface area (Å²) < 4.78 is 1.43. The molecule has 1 aromatic rings. The van der Waals surface area contributed by atoms with Gasteiger partial charge >= 0.3 is 6.03 Å². The largest absolute Gasteiger partial charge is 0.338 e. The first-order chi connectivity index (χ1) is 10.0. The molecule has 2 rings (SSSR count). The van der Waals surface area contributed by atoms with Crippen molar-refractivity contribution in [2.75, 3.05) is 6.54 Å². The molecule has 1 aromatic heterocycles. The van der Waals surface area contributed by atoms with E-state index in [1.165, 1.54) is 17.5 Å². The highest BCUT2D eigenvalue weighted by Crippen LogP contribution is 2.18. The molecule has 0 radical (unpaired) electrons. The lowest BCUT2D eigenvalue weighted by molar-refractivity contribution is -0.120. The van der Waals surface area contributed by atoms with E-state index < -0.39 is 11.9 Å². The minimum Gasteiger partial charge on any atom is -0.338 e. The summed E-state index contributed by atoms with van der Waals surface area (Å²) in [5.41, 5.74) is 0.791. The zero-order valence-electron chi connectivity index (χ0n) is 12.4. The highest BCUT2D eigenvalue weighted by Gasteiger charge is 2.20. The maximum Gasteiger partial charge on any atom is 0.321 e. The maximum atomic E-state index is 11.7. The third kappa shape index (κ3) is 5.90. The van der Waals surface area contributed by atoms with Crippen LogP contribution in [0.4, 0.5) is 4.79 Å². The zero-order valence-corrected chi connectivity index (χ0v) is 12.4. The molecule has 1 fully saturated rings. The van der Waals surface area contributed by atoms with Gasteiger partial charge in [0, 0.05) is 19.1 Å². The van der Waals surface area contributed by atoms with Gasteiger partial charge in [-0.25, -0.2) is 9.48 Å². The van der Waals surface area contributed by atoms with Crippen LogP contribution in [0.3, 0.4) is 0 Å². The molecule has 0 atom stereocenters. The summed E-state index contributed by atoms with van der Waals surface area (Å²) in [6.07, 6.45) is 4.13. The third-order valence-corrected chi connectivity index (χ3v) is 2.96. The number of amides is 3. The molecule has 8 nitrogen and oxygen atoms in total. The van der Waals surface area contributed by atoms with Gasteiger partial charge in [0.1, 0.15) is 6.54 Å². The Bertz CT molecular complexity index is 495. The molecule has 3 N–H and O–H groups in total. The van der Waals surface area contributed by atoms with Crippen LogP contribution in [0.1, 0.15) is 32.4 Å². The van der Waals surface area contributed by atoms with E-state index in [1.54, 1.807) is 6.20 Å². The van der Waals surface area contributed by atoms with Gasteiger partial charge < -0.3 is 10.6 Å². The number of hydrogen-bond donors (Lipinski definition) is 3. The number of aromatic nitrogens is 3. The summed E-state index contributed by atoms with van der Waals surface area (Å²) in [6.45, 7) is 5.12. The summed E-state index contributed by atoms with van der Waals surface area (Å²) in [7, 11) is 0. The maximum absolute atomic E-state index is 11.7. The highest BCUT2D eigenvalue weighted by molar-refractivity contribution is 5.94. The molecule has 1 heterocycles. The average molecular weight is 294 g/mol. The molecule has 3 amide bonds. The lowest BCUT2D eigenvalue weighted by atomic mass is 10.2. The van der Waals surface area contributed by atoms with E-state index in [0.717, 1.165) is 5.69 Å². The smallest absolute Gasteiger partial charge is 0.321 e. The van der Waals surface area contributed by atoms with Crippen LogP contribution in [-0.4, -0.2) is 39.5 Å². The van der Waals surface area contributed by atoms with Crippen molar-refractivity contribution in [2.45, 2.75) is 45.8 Å². The molecule has 1 aliphatic carbocycles. The van der Waals surface area contributed by atoms with Gasteiger partial charge in [0.05, 0.1) is 11.9 Å². The van der Waals surface area contributed by atoms with E-state index in [4.69, 9.17) is 0 Å². The number of hydrogen-bond acceptors (Lipinski definition) is 5. The third-order valence-electron chi connectivity index (χ3n) is 2.96. The van der Waals surface area contributed by atoms with E-state index in [2.05, 4.69) is 26.3 Å². The standard InChI is InChI=1S/C13H22N6O2/c1-9(2)5-15-13(21)16-12(20)8-19-7-11(17-18-19)6-14-10-3-4-10/h7,9-10,14H,3-6,8H2,1-2H3,(H2,15,16,20,21). The van der Waals surface area contributed by atoms with E-state index >= 15 is 0 Å². The number of urea groups is 1. The number of carbonyl (C=O) groups is 2. The van der Waals surface area contributed by atoms with Crippen LogP contribution in [0, 0.1) is 5.92 Å². The van der Waals surface area contributed by atoms with Crippen LogP contribution in [0.2, 0.25) is 0 Å². The van der Waals surface area contributed by atoms with Gasteiger partial charge in [-0.1, -0.05) is 19.1 Å². The quantitative estimate of drug-likeness (QED) is 0.658. The SMILES string of the molecule is CC(C)CNC(=O)NC(=O)Cn1cc(CNC2CC2)nn1. The van der Waals surface area contributed by atoms with Crippen molar-refractivity contribution in [1.29, 1.82) is 0 Å². The number of imide groups is 1. The molecule has 116 valence electrons. The molecule has 0 saturated heterocycles. The van der Waals surface area contributed by atoms with Gasteiger partial charge in [0.2, 0.25) is 5.91 Å². The first kappa shape index (κ1) is 15.4. The molecule has 0 unspecified atom stereocenters. The van der Waals surface area contributed by atoms with Crippen molar-refractivity contribution >= 4 is 11.9 Å². The summed E-state index contributed by atoms with van der Waals surface area (Å²) >= 11 is 0. The summed E-state index contributed by atoms with van der Waals surface area (Å²) in [6, 6.07) is 0.118. The predicted molar refractivity (Wildman–Crippen MR) is 76.3 cm³/mol. The molecule has 0 aromatic carbocycles. The van der Waals surface area contributed by atoms with Gasteiger partial charge in [-0.05, 0) is 18.8 Å². The number of rotatable bonds is 7. The average Bonchev–Trinajstić information content (AvgIpc) is 3.14. The normalized spacial score (nSPS) is 14.2. The van der Waals surface area contributed by atoms with E-state index in [9.17, 15) is 9.59 Å². The van der Waals surface area contributed by atoms with E-state index in [-0.39, 0.29) is 6.54 Å². The Balaban J connectivity index is 1.70. The van der Waals surface area contributed by atoms with E-state index in [0.29, 0.717) is 25.0 Å². The van der Waals surface area contributed by atoms with Gasteiger partial charge in [-0.15, -0.1) is 5.10 Å². The molecule has 21 heavy (non-hydrogen) atoms. The van der Waals surface area contributed by atoms with Crippen molar-refractivity contribution in [3.8, 4) is 0 Å². The van der Waals surface area contributed by atoms with Crippen LogP contribution >= 0.6 is 0 Å². The fraction of sp³-hybridized carbons (Fsp3) is 0.692. The van der Waals surface area contributed by atoms with Crippen LogP contribution in [0.5, 0.6) is 0 Å². The van der Waals surface area contributed by atoms with Gasteiger partial charge in [0.15, 0.2) is 0 Å². The van der Waals surface area contributed by atoms with Crippen LogP contribution < -0.4 is 16.0 Å². The fourth-order valence-corrected chi connectivity index (χ4v) is 1.69. The Labute approximate surface area is 123 Å². The Morgan fingerprint density at radius 3 is 2.86 bits per heavy atom.